The van der Waals surface area contributed by atoms with E-state index in [1.165, 1.54) is 0 Å². The molecule has 0 bridgehead atoms. The second-order valence-electron chi connectivity index (χ2n) is 24.8. The Morgan fingerprint density at radius 2 is 1.02 bits per heavy atom. The molecule has 0 saturated heterocycles. The van der Waals surface area contributed by atoms with Gasteiger partial charge in [-0.1, -0.05) is 70.9 Å². The molecule has 2 rings (SSSR count). The van der Waals surface area contributed by atoms with Gasteiger partial charge in [0.15, 0.2) is 5.78 Å². The van der Waals surface area contributed by atoms with Gasteiger partial charge in [-0.25, -0.2) is 0 Å². The molecule has 496 valence electrons. The van der Waals surface area contributed by atoms with E-state index in [9.17, 15) is 57.5 Å². The fourth-order valence-corrected chi connectivity index (χ4v) is 12.2. The molecule has 24 heteroatoms. The van der Waals surface area contributed by atoms with Gasteiger partial charge in [0.25, 0.3) is 0 Å². The number of carbonyl (C=O) groups is 12. The quantitative estimate of drug-likeness (QED) is 0.0335. The number of amides is 7. The number of hydrogen-bond acceptors (Lipinski definition) is 16. The summed E-state index contributed by atoms with van der Waals surface area (Å²) >= 11 is -0.308. The number of nitrogens with zero attached hydrogens (tertiary/aromatic N) is 1. The maximum atomic E-state index is 14.3. The van der Waals surface area contributed by atoms with Crippen molar-refractivity contribution in [3.8, 4) is 0 Å². The van der Waals surface area contributed by atoms with Gasteiger partial charge in [0, 0.05) is 24.7 Å². The molecule has 8 atom stereocenters. The Labute approximate surface area is 532 Å². The third kappa shape index (κ3) is 32.5. The monoisotopic (exact) mass is 1310 g/mol. The van der Waals surface area contributed by atoms with E-state index in [2.05, 4.69) is 26.6 Å². The molecule has 15 N–H and O–H groups in total. The summed E-state index contributed by atoms with van der Waals surface area (Å²) in [5, 5.41) is 13.8. The van der Waals surface area contributed by atoms with Gasteiger partial charge < -0.3 is 34.0 Å². The molecule has 0 spiro atoms. The minimum absolute atomic E-state index is 0.0863. The van der Waals surface area contributed by atoms with Crippen LogP contribution in [0.15, 0.2) is 54.6 Å². The van der Waals surface area contributed by atoms with E-state index in [1.54, 1.807) is 0 Å². The number of hydrogen-bond donors (Lipinski definition) is 10. The Bertz CT molecular complexity index is 2620. The summed E-state index contributed by atoms with van der Waals surface area (Å²) < 4.78 is 0.954. The number of nitrogens with two attached hydrogens (primary N) is 5. The zero-order valence-corrected chi connectivity index (χ0v) is 55.5. The van der Waals surface area contributed by atoms with Crippen molar-refractivity contribution in [1.82, 2.24) is 26.6 Å². The van der Waals surface area contributed by atoms with Crippen LogP contribution in [0.25, 0.3) is 0 Å². The molecule has 0 aliphatic rings. The molecular formula is C65H103N11O12Se. The van der Waals surface area contributed by atoms with Crippen LogP contribution < -0.4 is 64.6 Å². The number of benzene rings is 2. The zero-order valence-electron chi connectivity index (χ0n) is 53.7. The number of unbranched alkanes of at least 4 members (excludes halogenated alkanes) is 2. The van der Waals surface area contributed by atoms with E-state index < -0.39 is 132 Å². The van der Waals surface area contributed by atoms with Crippen LogP contribution in [0.3, 0.4) is 0 Å². The summed E-state index contributed by atoms with van der Waals surface area (Å²) in [7, 11) is 3.82. The summed E-state index contributed by atoms with van der Waals surface area (Å²) in [6.07, 6.45) is 1.16. The van der Waals surface area contributed by atoms with Gasteiger partial charge in [-0.2, -0.15) is 0 Å². The van der Waals surface area contributed by atoms with Crippen molar-refractivity contribution in [3.63, 3.8) is 0 Å². The predicted octanol–water partition coefficient (Wildman–Crippen LogP) is 2.17. The molecule has 2 aromatic rings. The molecule has 0 fully saturated rings. The fourth-order valence-electron chi connectivity index (χ4n) is 10.1. The Morgan fingerprint density at radius 1 is 0.506 bits per heavy atom. The Morgan fingerprint density at radius 3 is 1.57 bits per heavy atom. The minimum atomic E-state index is -1.40. The van der Waals surface area contributed by atoms with Gasteiger partial charge in [-0.3, -0.25) is 28.8 Å². The standard InChI is InChI=1S/C65H103N11O12Se/c1-40(2)28-46(64(87)73-53(30-42(5)6)58(81)35-45(19-13-15-27-67)63(86)74-55(36-59(69)82)57(80)34-44(61(70)84)18-12-14-26-66)32-49(77)38-72-62(85)47(39-89-51-22-20-48(21-23-51)76(7)8)33-50(78)37-71-60(83)25-24-56(79)54(31-43-16-10-9-11-17-43)75-65(88)52(68)29-41(3)4/h9-11,16-17,20-23,40-42,44-47,52-55H,12-15,18-19,24-39,66-68H2,1-8H3,(H2,69,82)(H2,70,84)(H,71,83)(H,72,85)(H,73,87)(H,74,86)(H,75,88)/t44-,45-,46-,47+,52+,53+,54+,55+/m1/s1. The number of carbonyl (C=O) groups excluding carboxylic acids is 12. The van der Waals surface area contributed by atoms with Crippen LogP contribution in [-0.2, 0) is 64.0 Å². The number of anilines is 1. The van der Waals surface area contributed by atoms with Crippen LogP contribution in [0.2, 0.25) is 5.32 Å². The van der Waals surface area contributed by atoms with Crippen molar-refractivity contribution in [2.45, 2.75) is 180 Å². The molecule has 7 amide bonds. The second-order valence-corrected chi connectivity index (χ2v) is 27.1. The molecule has 0 aliphatic carbocycles. The van der Waals surface area contributed by atoms with Crippen LogP contribution in [0.4, 0.5) is 5.69 Å². The molecule has 0 radical (unpaired) electrons. The number of rotatable bonds is 48. The van der Waals surface area contributed by atoms with E-state index in [-0.39, 0.29) is 114 Å². The number of ketones is 5. The van der Waals surface area contributed by atoms with Crippen LogP contribution in [-0.4, -0.2) is 150 Å². The first-order valence-corrected chi connectivity index (χ1v) is 33.3. The predicted molar refractivity (Wildman–Crippen MR) is 345 cm³/mol. The average molecular weight is 1310 g/mol. The molecular weight excluding hydrogens is 1210 g/mol. The van der Waals surface area contributed by atoms with Crippen molar-refractivity contribution in [3.05, 3.63) is 60.2 Å². The van der Waals surface area contributed by atoms with Crippen LogP contribution >= 0.6 is 0 Å². The third-order valence-corrected chi connectivity index (χ3v) is 17.5. The zero-order chi connectivity index (χ0) is 66.8. The van der Waals surface area contributed by atoms with Crippen molar-refractivity contribution in [2.75, 3.05) is 45.2 Å². The van der Waals surface area contributed by atoms with Gasteiger partial charge >= 0.3 is 266 Å². The molecule has 0 saturated carbocycles. The van der Waals surface area contributed by atoms with Crippen LogP contribution in [0, 0.1) is 41.4 Å². The van der Waals surface area contributed by atoms with Crippen LogP contribution in [0.1, 0.15) is 150 Å². The van der Waals surface area contributed by atoms with Crippen molar-refractivity contribution in [1.29, 1.82) is 0 Å². The molecule has 0 aromatic heterocycles. The Kier molecular flexibility index (Phi) is 37.3. The van der Waals surface area contributed by atoms with Crippen molar-refractivity contribution >= 4 is 95.4 Å². The molecule has 89 heavy (non-hydrogen) atoms. The first-order valence-electron chi connectivity index (χ1n) is 31.3. The van der Waals surface area contributed by atoms with E-state index in [4.69, 9.17) is 28.7 Å². The first-order chi connectivity index (χ1) is 42.0. The molecule has 2 aromatic carbocycles. The Balaban J connectivity index is 2.26. The summed E-state index contributed by atoms with van der Waals surface area (Å²) in [6, 6.07) is 12.6. The summed E-state index contributed by atoms with van der Waals surface area (Å²) in [5.74, 6) is -10.8. The van der Waals surface area contributed by atoms with E-state index >= 15 is 0 Å². The first kappa shape index (κ1) is 78.4. The van der Waals surface area contributed by atoms with Gasteiger partial charge in [0.1, 0.15) is 0 Å². The third-order valence-electron chi connectivity index (χ3n) is 15.0. The van der Waals surface area contributed by atoms with Crippen molar-refractivity contribution in [2.24, 2.45) is 70.1 Å². The Hall–Kier alpha value is -6.72. The van der Waals surface area contributed by atoms with Gasteiger partial charge in [0.05, 0.1) is 18.5 Å². The summed E-state index contributed by atoms with van der Waals surface area (Å²) in [5.41, 5.74) is 30.4. The normalized spacial score (nSPS) is 14.0. The summed E-state index contributed by atoms with van der Waals surface area (Å²) in [4.78, 5) is 164. The average Bonchev–Trinajstić information content (AvgIpc) is 3.59. The van der Waals surface area contributed by atoms with Crippen LogP contribution in [0.5, 0.6) is 0 Å². The van der Waals surface area contributed by atoms with Gasteiger partial charge in [-0.05, 0) is 62.6 Å². The topological polar surface area (TPSA) is 398 Å². The van der Waals surface area contributed by atoms with Crippen molar-refractivity contribution < 1.29 is 57.5 Å². The molecule has 0 unspecified atom stereocenters. The van der Waals surface area contributed by atoms with E-state index in [1.807, 2.05) is 115 Å². The number of nitrogens with one attached hydrogen (secondary N) is 5. The summed E-state index contributed by atoms with van der Waals surface area (Å²) in [6.45, 7) is 11.1. The fraction of sp³-hybridized carbons (Fsp3) is 0.631. The number of Topliss-reactive ketones (excluding diaryl/α,β-unsaturated/α-hetero) is 5. The number of primary amides is 2. The van der Waals surface area contributed by atoms with Gasteiger partial charge in [-0.15, -0.1) is 0 Å². The minimum Gasteiger partial charge on any atom is -0.370 e. The second kappa shape index (κ2) is 42.3. The molecule has 0 heterocycles. The van der Waals surface area contributed by atoms with E-state index in [0.717, 1.165) is 15.7 Å². The molecule has 0 aliphatic heterocycles. The maximum absolute atomic E-state index is 14.3. The smallest absolute Gasteiger partial charge is 0.370 e. The van der Waals surface area contributed by atoms with Gasteiger partial charge in [0.2, 0.25) is 23.6 Å². The SMILES string of the molecule is CC(C)C[C@H](CC(=O)CNC(=O)[C@H](C[Se]c1ccc(N(C)C)cc1)CC(=O)CNC(=O)CCC(=O)[C@H](Cc1ccccc1)NC(=O)[C@@H](N)CC(C)C)C(=O)N[C@@H](CC(C)C)C(=O)C[C@@H](CCCCN)C(=O)N[C@@H](CC(N)=O)C(=O)C[C@@H](CCCCN)C(N)=O. The van der Waals surface area contributed by atoms with E-state index in [0.29, 0.717) is 45.2 Å². The molecule has 23 nitrogen and oxygen atoms in total.